The van der Waals surface area contributed by atoms with Crippen LogP contribution in [0.15, 0.2) is 23.0 Å². The van der Waals surface area contributed by atoms with Crippen molar-refractivity contribution in [3.63, 3.8) is 0 Å². The van der Waals surface area contributed by atoms with Gasteiger partial charge in [0.15, 0.2) is 0 Å². The lowest BCUT2D eigenvalue weighted by molar-refractivity contribution is -0.147. The standard InChI is InChI=1S/C21H26N4O3/c1-11(18(26)23-15-2-3-16-17(7-15)25-20(28)24-16)22-19(27)21-8-12-4-13(9-21)6-14(5-12)10-21/h2-3,7,11-14H,4-6,8-10H2,1H3,(H,22,27)(H,23,26)(H2,24,25,28)/t11-,12?,13?,14?,21?/m0/s1. The molecule has 0 spiro atoms. The minimum absolute atomic E-state index is 0.0552. The molecule has 28 heavy (non-hydrogen) atoms. The third-order valence-electron chi connectivity index (χ3n) is 7.04. The SMILES string of the molecule is C[C@H](NC(=O)C12CC3CC(CC(C3)C1)C2)C(=O)Nc1ccc2[nH]c(=O)[nH]c2c1. The summed E-state index contributed by atoms with van der Waals surface area (Å²) in [6.07, 6.45) is 6.80. The van der Waals surface area contributed by atoms with Crippen LogP contribution < -0.4 is 16.3 Å². The molecule has 4 N–H and O–H groups in total. The van der Waals surface area contributed by atoms with Crippen LogP contribution in [0, 0.1) is 23.2 Å². The highest BCUT2D eigenvalue weighted by Crippen LogP contribution is 2.60. The molecule has 2 amide bonds. The Hall–Kier alpha value is -2.57. The van der Waals surface area contributed by atoms with Gasteiger partial charge in [0.25, 0.3) is 0 Å². The second-order valence-corrected chi connectivity index (χ2v) is 9.22. The van der Waals surface area contributed by atoms with Gasteiger partial charge in [-0.05, 0) is 81.4 Å². The number of rotatable bonds is 4. The Kier molecular flexibility index (Phi) is 3.89. The fourth-order valence-corrected chi connectivity index (χ4v) is 6.16. The van der Waals surface area contributed by atoms with Crippen LogP contribution >= 0.6 is 0 Å². The molecule has 0 unspecified atom stereocenters. The average Bonchev–Trinajstić information content (AvgIpc) is 2.99. The normalized spacial score (nSPS) is 31.7. The number of anilines is 1. The number of aromatic amines is 2. The largest absolute Gasteiger partial charge is 0.344 e. The van der Waals surface area contributed by atoms with Crippen LogP contribution in [0.3, 0.4) is 0 Å². The van der Waals surface area contributed by atoms with E-state index in [0.717, 1.165) is 19.3 Å². The Bertz CT molecular complexity index is 969. The molecule has 7 heteroatoms. The second kappa shape index (κ2) is 6.22. The summed E-state index contributed by atoms with van der Waals surface area (Å²) >= 11 is 0. The molecule has 4 bridgehead atoms. The Morgan fingerprint density at radius 3 is 2.29 bits per heavy atom. The van der Waals surface area contributed by atoms with Gasteiger partial charge in [-0.25, -0.2) is 4.79 Å². The summed E-state index contributed by atoms with van der Waals surface area (Å²) in [5.41, 5.74) is 1.37. The molecule has 0 saturated heterocycles. The van der Waals surface area contributed by atoms with Crippen molar-refractivity contribution in [3.05, 3.63) is 28.7 Å². The molecule has 6 rings (SSSR count). The molecule has 0 aliphatic heterocycles. The maximum absolute atomic E-state index is 13.1. The van der Waals surface area contributed by atoms with Crippen molar-refractivity contribution in [1.29, 1.82) is 0 Å². The maximum atomic E-state index is 13.1. The van der Waals surface area contributed by atoms with E-state index in [1.807, 2.05) is 0 Å². The maximum Gasteiger partial charge on any atom is 0.323 e. The zero-order valence-corrected chi connectivity index (χ0v) is 16.0. The van der Waals surface area contributed by atoms with Gasteiger partial charge in [0.1, 0.15) is 6.04 Å². The van der Waals surface area contributed by atoms with Crippen LogP contribution in [0.25, 0.3) is 11.0 Å². The first-order chi connectivity index (χ1) is 13.4. The number of fused-ring (bicyclic) bond motifs is 1. The van der Waals surface area contributed by atoms with Crippen LogP contribution in [0.5, 0.6) is 0 Å². The van der Waals surface area contributed by atoms with Crippen molar-refractivity contribution < 1.29 is 9.59 Å². The molecule has 148 valence electrons. The van der Waals surface area contributed by atoms with E-state index in [1.165, 1.54) is 19.3 Å². The molecule has 4 aliphatic rings. The lowest BCUT2D eigenvalue weighted by Crippen LogP contribution is -2.56. The van der Waals surface area contributed by atoms with Gasteiger partial charge >= 0.3 is 5.69 Å². The van der Waals surface area contributed by atoms with Crippen LogP contribution in [0.1, 0.15) is 45.4 Å². The lowest BCUT2D eigenvalue weighted by Gasteiger charge is -2.55. The fraction of sp³-hybridized carbons (Fsp3) is 0.571. The number of aromatic nitrogens is 2. The summed E-state index contributed by atoms with van der Waals surface area (Å²) in [7, 11) is 0. The molecule has 4 saturated carbocycles. The number of H-pyrrole nitrogens is 2. The highest BCUT2D eigenvalue weighted by atomic mass is 16.2. The molecule has 4 fully saturated rings. The number of carbonyl (C=O) groups is 2. The van der Waals surface area contributed by atoms with Gasteiger partial charge in [-0.3, -0.25) is 9.59 Å². The average molecular weight is 382 g/mol. The van der Waals surface area contributed by atoms with Crippen LogP contribution in [-0.4, -0.2) is 27.8 Å². The number of nitrogens with one attached hydrogen (secondary N) is 4. The van der Waals surface area contributed by atoms with Crippen LogP contribution in [0.4, 0.5) is 5.69 Å². The van der Waals surface area contributed by atoms with Gasteiger partial charge in [0.05, 0.1) is 11.0 Å². The number of benzene rings is 1. The molecular formula is C21H26N4O3. The first-order valence-electron chi connectivity index (χ1n) is 10.2. The highest BCUT2D eigenvalue weighted by Gasteiger charge is 2.54. The quantitative estimate of drug-likeness (QED) is 0.653. The molecular weight excluding hydrogens is 356 g/mol. The topological polar surface area (TPSA) is 107 Å². The molecule has 1 atom stereocenters. The van der Waals surface area contributed by atoms with E-state index < -0.39 is 6.04 Å². The summed E-state index contributed by atoms with van der Waals surface area (Å²) < 4.78 is 0. The molecule has 2 aromatic rings. The number of carbonyl (C=O) groups excluding carboxylic acids is 2. The van der Waals surface area contributed by atoms with E-state index in [2.05, 4.69) is 20.6 Å². The van der Waals surface area contributed by atoms with Gasteiger partial charge < -0.3 is 20.6 Å². The minimum Gasteiger partial charge on any atom is -0.344 e. The first-order valence-corrected chi connectivity index (χ1v) is 10.2. The van der Waals surface area contributed by atoms with Crippen molar-refractivity contribution >= 4 is 28.5 Å². The zero-order valence-electron chi connectivity index (χ0n) is 16.0. The van der Waals surface area contributed by atoms with Crippen molar-refractivity contribution in [1.82, 2.24) is 15.3 Å². The minimum atomic E-state index is -0.610. The van der Waals surface area contributed by atoms with Gasteiger partial charge in [-0.1, -0.05) is 0 Å². The summed E-state index contributed by atoms with van der Waals surface area (Å²) in [4.78, 5) is 42.4. The molecule has 0 radical (unpaired) electrons. The predicted octanol–water partition coefficient (Wildman–Crippen LogP) is 2.52. The summed E-state index contributed by atoms with van der Waals surface area (Å²) in [6, 6.07) is 4.57. The number of hydrogen-bond acceptors (Lipinski definition) is 3. The molecule has 1 heterocycles. The van der Waals surface area contributed by atoms with E-state index in [0.29, 0.717) is 34.5 Å². The number of amides is 2. The molecule has 7 nitrogen and oxygen atoms in total. The van der Waals surface area contributed by atoms with Crippen molar-refractivity contribution in [2.75, 3.05) is 5.32 Å². The predicted molar refractivity (Wildman–Crippen MR) is 106 cm³/mol. The fourth-order valence-electron chi connectivity index (χ4n) is 6.16. The first kappa shape index (κ1) is 17.5. The number of hydrogen-bond donors (Lipinski definition) is 4. The summed E-state index contributed by atoms with van der Waals surface area (Å²) in [5.74, 6) is 1.87. The lowest BCUT2D eigenvalue weighted by atomic mass is 9.49. The summed E-state index contributed by atoms with van der Waals surface area (Å²) in [5, 5.41) is 5.82. The van der Waals surface area contributed by atoms with E-state index in [9.17, 15) is 14.4 Å². The highest BCUT2D eigenvalue weighted by molar-refractivity contribution is 5.98. The van der Waals surface area contributed by atoms with Crippen LogP contribution in [-0.2, 0) is 9.59 Å². The monoisotopic (exact) mass is 382 g/mol. The van der Waals surface area contributed by atoms with Gasteiger partial charge in [-0.2, -0.15) is 0 Å². The van der Waals surface area contributed by atoms with E-state index in [-0.39, 0.29) is 22.9 Å². The van der Waals surface area contributed by atoms with E-state index in [4.69, 9.17) is 0 Å². The van der Waals surface area contributed by atoms with E-state index >= 15 is 0 Å². The summed E-state index contributed by atoms with van der Waals surface area (Å²) in [6.45, 7) is 1.73. The second-order valence-electron chi connectivity index (χ2n) is 9.22. The van der Waals surface area contributed by atoms with Gasteiger partial charge in [0, 0.05) is 11.1 Å². The molecule has 4 aliphatic carbocycles. The van der Waals surface area contributed by atoms with Gasteiger partial charge in [-0.15, -0.1) is 0 Å². The third kappa shape index (κ3) is 2.93. The zero-order chi connectivity index (χ0) is 19.5. The van der Waals surface area contributed by atoms with E-state index in [1.54, 1.807) is 25.1 Å². The number of imidazole rings is 1. The van der Waals surface area contributed by atoms with Crippen molar-refractivity contribution in [2.24, 2.45) is 23.2 Å². The van der Waals surface area contributed by atoms with Crippen molar-refractivity contribution in [3.8, 4) is 0 Å². The third-order valence-corrected chi connectivity index (χ3v) is 7.04. The Morgan fingerprint density at radius 2 is 1.64 bits per heavy atom. The Balaban J connectivity index is 1.25. The van der Waals surface area contributed by atoms with Crippen molar-refractivity contribution in [2.45, 2.75) is 51.5 Å². The Morgan fingerprint density at radius 1 is 1.04 bits per heavy atom. The molecule has 1 aromatic heterocycles. The smallest absolute Gasteiger partial charge is 0.323 e. The van der Waals surface area contributed by atoms with Gasteiger partial charge in [0.2, 0.25) is 11.8 Å². The Labute approximate surface area is 162 Å². The molecule has 1 aromatic carbocycles. The van der Waals surface area contributed by atoms with Crippen LogP contribution in [0.2, 0.25) is 0 Å².